The largest absolute Gasteiger partial charge is 0.388 e. The van der Waals surface area contributed by atoms with Crippen molar-refractivity contribution in [3.8, 4) is 6.07 Å². The van der Waals surface area contributed by atoms with Crippen LogP contribution < -0.4 is 4.90 Å². The summed E-state index contributed by atoms with van der Waals surface area (Å²) >= 11 is 0. The highest BCUT2D eigenvalue weighted by Crippen LogP contribution is 2.34. The minimum atomic E-state index is -0.458. The van der Waals surface area contributed by atoms with Gasteiger partial charge in [-0.25, -0.2) is 4.39 Å². The number of nitrogens with zero attached hydrogens (tertiary/aromatic N) is 2. The molecule has 0 aliphatic carbocycles. The Morgan fingerprint density at radius 1 is 1.29 bits per heavy atom. The standard InChI is InChI=1S/C17H15FN2O/c18-14-6-5-12(10-19)13(9-14)11-20-8-7-17(21)15-3-1-2-4-16(15)20/h1-6,9,17,21H,7-8,11H2. The Balaban J connectivity index is 1.95. The van der Waals surface area contributed by atoms with E-state index in [1.54, 1.807) is 0 Å². The summed E-state index contributed by atoms with van der Waals surface area (Å²) in [6.07, 6.45) is 0.175. The number of hydrogen-bond acceptors (Lipinski definition) is 3. The predicted octanol–water partition coefficient (Wildman–Crippen LogP) is 3.14. The van der Waals surface area contributed by atoms with E-state index in [4.69, 9.17) is 5.26 Å². The average molecular weight is 282 g/mol. The normalized spacial score (nSPS) is 17.2. The molecule has 0 saturated heterocycles. The first kappa shape index (κ1) is 13.6. The lowest BCUT2D eigenvalue weighted by Gasteiger charge is -2.34. The molecule has 1 unspecified atom stereocenters. The van der Waals surface area contributed by atoms with Crippen molar-refractivity contribution in [1.82, 2.24) is 0 Å². The SMILES string of the molecule is N#Cc1ccc(F)cc1CN1CCC(O)c2ccccc21. The van der Waals surface area contributed by atoms with Gasteiger partial charge in [0.25, 0.3) is 0 Å². The Morgan fingerprint density at radius 2 is 2.10 bits per heavy atom. The summed E-state index contributed by atoms with van der Waals surface area (Å²) in [7, 11) is 0. The molecular weight excluding hydrogens is 267 g/mol. The van der Waals surface area contributed by atoms with Crippen molar-refractivity contribution in [3.63, 3.8) is 0 Å². The second-order valence-corrected chi connectivity index (χ2v) is 5.20. The molecule has 106 valence electrons. The van der Waals surface area contributed by atoms with Gasteiger partial charge in [-0.3, -0.25) is 0 Å². The summed E-state index contributed by atoms with van der Waals surface area (Å²) in [4.78, 5) is 2.08. The van der Waals surface area contributed by atoms with Gasteiger partial charge >= 0.3 is 0 Å². The third-order valence-corrected chi connectivity index (χ3v) is 3.86. The smallest absolute Gasteiger partial charge is 0.123 e. The van der Waals surface area contributed by atoms with Gasteiger partial charge in [-0.1, -0.05) is 18.2 Å². The van der Waals surface area contributed by atoms with E-state index in [2.05, 4.69) is 11.0 Å². The molecule has 1 aliphatic rings. The maximum atomic E-state index is 13.4. The fourth-order valence-corrected chi connectivity index (χ4v) is 2.78. The van der Waals surface area contributed by atoms with E-state index in [-0.39, 0.29) is 5.82 Å². The molecule has 0 bridgehead atoms. The molecule has 0 spiro atoms. The Bertz CT molecular complexity index is 708. The molecule has 3 nitrogen and oxygen atoms in total. The van der Waals surface area contributed by atoms with E-state index >= 15 is 0 Å². The maximum absolute atomic E-state index is 13.4. The number of para-hydroxylation sites is 1. The van der Waals surface area contributed by atoms with Gasteiger partial charge in [0.1, 0.15) is 5.82 Å². The molecular formula is C17H15FN2O. The molecule has 4 heteroatoms. The quantitative estimate of drug-likeness (QED) is 0.920. The van der Waals surface area contributed by atoms with Crippen LogP contribution in [0.3, 0.4) is 0 Å². The van der Waals surface area contributed by atoms with Gasteiger partial charge in [0, 0.05) is 24.3 Å². The van der Waals surface area contributed by atoms with Gasteiger partial charge in [0.2, 0.25) is 0 Å². The van der Waals surface area contributed by atoms with Crippen molar-refractivity contribution in [2.75, 3.05) is 11.4 Å². The van der Waals surface area contributed by atoms with Gasteiger partial charge in [-0.2, -0.15) is 5.26 Å². The predicted molar refractivity (Wildman–Crippen MR) is 78.2 cm³/mol. The van der Waals surface area contributed by atoms with Crippen LogP contribution in [-0.2, 0) is 6.54 Å². The summed E-state index contributed by atoms with van der Waals surface area (Å²) in [6.45, 7) is 1.14. The van der Waals surface area contributed by atoms with Crippen LogP contribution in [0, 0.1) is 17.1 Å². The van der Waals surface area contributed by atoms with E-state index in [9.17, 15) is 9.50 Å². The molecule has 0 saturated carbocycles. The highest BCUT2D eigenvalue weighted by atomic mass is 19.1. The number of fused-ring (bicyclic) bond motifs is 1. The fraction of sp³-hybridized carbons (Fsp3) is 0.235. The molecule has 3 rings (SSSR count). The van der Waals surface area contributed by atoms with Crippen molar-refractivity contribution in [2.45, 2.75) is 19.1 Å². The van der Waals surface area contributed by atoms with Crippen molar-refractivity contribution in [3.05, 3.63) is 65.0 Å². The molecule has 1 heterocycles. The lowest BCUT2D eigenvalue weighted by atomic mass is 9.97. The zero-order valence-corrected chi connectivity index (χ0v) is 11.5. The van der Waals surface area contributed by atoms with Crippen LogP contribution in [0.15, 0.2) is 42.5 Å². The van der Waals surface area contributed by atoms with Crippen molar-refractivity contribution in [2.24, 2.45) is 0 Å². The lowest BCUT2D eigenvalue weighted by Crippen LogP contribution is -2.31. The molecule has 1 atom stereocenters. The minimum absolute atomic E-state index is 0.339. The summed E-state index contributed by atoms with van der Waals surface area (Å²) in [5.74, 6) is -0.339. The van der Waals surface area contributed by atoms with Gasteiger partial charge in [0.15, 0.2) is 0 Å². The summed E-state index contributed by atoms with van der Waals surface area (Å²) in [5, 5.41) is 19.2. The van der Waals surface area contributed by atoms with Crippen LogP contribution in [0.2, 0.25) is 0 Å². The monoisotopic (exact) mass is 282 g/mol. The van der Waals surface area contributed by atoms with Gasteiger partial charge < -0.3 is 10.0 Å². The van der Waals surface area contributed by atoms with E-state index in [0.29, 0.717) is 30.6 Å². The van der Waals surface area contributed by atoms with Crippen LogP contribution >= 0.6 is 0 Å². The number of aliphatic hydroxyl groups is 1. The van der Waals surface area contributed by atoms with Crippen LogP contribution in [-0.4, -0.2) is 11.7 Å². The van der Waals surface area contributed by atoms with Crippen LogP contribution in [0.5, 0.6) is 0 Å². The molecule has 21 heavy (non-hydrogen) atoms. The average Bonchev–Trinajstić information content (AvgIpc) is 2.51. The fourth-order valence-electron chi connectivity index (χ4n) is 2.78. The summed E-state index contributed by atoms with van der Waals surface area (Å²) in [5.41, 5.74) is 2.99. The topological polar surface area (TPSA) is 47.3 Å². The first-order valence-corrected chi connectivity index (χ1v) is 6.89. The van der Waals surface area contributed by atoms with Crippen molar-refractivity contribution < 1.29 is 9.50 Å². The van der Waals surface area contributed by atoms with E-state index in [1.165, 1.54) is 18.2 Å². The maximum Gasteiger partial charge on any atom is 0.123 e. The lowest BCUT2D eigenvalue weighted by molar-refractivity contribution is 0.164. The second-order valence-electron chi connectivity index (χ2n) is 5.20. The van der Waals surface area contributed by atoms with Crippen LogP contribution in [0.4, 0.5) is 10.1 Å². The number of anilines is 1. The Kier molecular flexibility index (Phi) is 3.59. The van der Waals surface area contributed by atoms with Gasteiger partial charge in [-0.15, -0.1) is 0 Å². The summed E-state index contributed by atoms with van der Waals surface area (Å²) in [6, 6.07) is 14.0. The van der Waals surface area contributed by atoms with Crippen LogP contribution in [0.25, 0.3) is 0 Å². The number of aliphatic hydroxyl groups excluding tert-OH is 1. The minimum Gasteiger partial charge on any atom is -0.388 e. The number of nitriles is 1. The first-order chi connectivity index (χ1) is 10.2. The molecule has 1 N–H and O–H groups in total. The molecule has 2 aromatic rings. The van der Waals surface area contributed by atoms with E-state index < -0.39 is 6.10 Å². The van der Waals surface area contributed by atoms with Crippen molar-refractivity contribution >= 4 is 5.69 Å². The molecule has 0 radical (unpaired) electrons. The highest BCUT2D eigenvalue weighted by Gasteiger charge is 2.23. The zero-order valence-electron chi connectivity index (χ0n) is 11.5. The van der Waals surface area contributed by atoms with E-state index in [0.717, 1.165) is 11.3 Å². The molecule has 2 aromatic carbocycles. The van der Waals surface area contributed by atoms with Crippen LogP contribution in [0.1, 0.15) is 29.2 Å². The number of hydrogen-bond donors (Lipinski definition) is 1. The van der Waals surface area contributed by atoms with Gasteiger partial charge in [-0.05, 0) is 36.2 Å². The second kappa shape index (κ2) is 5.55. The van der Waals surface area contributed by atoms with Gasteiger partial charge in [0.05, 0.1) is 17.7 Å². The summed E-state index contributed by atoms with van der Waals surface area (Å²) < 4.78 is 13.4. The third kappa shape index (κ3) is 2.61. The van der Waals surface area contributed by atoms with E-state index in [1.807, 2.05) is 24.3 Å². The molecule has 0 fully saturated rings. The Hall–Kier alpha value is -2.38. The third-order valence-electron chi connectivity index (χ3n) is 3.86. The Labute approximate surface area is 122 Å². The zero-order chi connectivity index (χ0) is 14.8. The van der Waals surface area contributed by atoms with Crippen molar-refractivity contribution in [1.29, 1.82) is 5.26 Å². The molecule has 0 amide bonds. The molecule has 0 aromatic heterocycles. The Morgan fingerprint density at radius 3 is 2.90 bits per heavy atom. The number of halogens is 1. The highest BCUT2D eigenvalue weighted by molar-refractivity contribution is 5.57. The molecule has 1 aliphatic heterocycles. The number of benzene rings is 2. The first-order valence-electron chi connectivity index (χ1n) is 6.89. The number of rotatable bonds is 2.